The highest BCUT2D eigenvalue weighted by molar-refractivity contribution is 5.94. The molecule has 0 spiro atoms. The molecule has 2 rings (SSSR count). The van der Waals surface area contributed by atoms with E-state index in [0.717, 1.165) is 18.9 Å². The molecule has 0 aliphatic heterocycles. The maximum atomic E-state index is 11.6. The number of aromatic nitrogens is 1. The zero-order chi connectivity index (χ0) is 12.5. The van der Waals surface area contributed by atoms with E-state index in [1.54, 1.807) is 0 Å². The Morgan fingerprint density at radius 2 is 2.29 bits per heavy atom. The number of amides is 1. The lowest BCUT2D eigenvalue weighted by Crippen LogP contribution is -2.40. The first kappa shape index (κ1) is 11.6. The van der Waals surface area contributed by atoms with Crippen LogP contribution >= 0.6 is 0 Å². The predicted molar refractivity (Wildman–Crippen MR) is 57.8 cm³/mol. The van der Waals surface area contributed by atoms with Gasteiger partial charge < -0.3 is 14.9 Å². The van der Waals surface area contributed by atoms with Gasteiger partial charge in [0.25, 0.3) is 5.91 Å². The third-order valence-corrected chi connectivity index (χ3v) is 3.19. The number of carboxylic acids is 1. The molecule has 92 valence electrons. The highest BCUT2D eigenvalue weighted by Gasteiger charge is 2.32. The van der Waals surface area contributed by atoms with Crippen molar-refractivity contribution in [3.8, 4) is 0 Å². The third-order valence-electron chi connectivity index (χ3n) is 3.19. The fraction of sp³-hybridized carbons (Fsp3) is 0.545. The molecule has 1 heterocycles. The van der Waals surface area contributed by atoms with Crippen molar-refractivity contribution in [1.82, 2.24) is 10.5 Å². The van der Waals surface area contributed by atoms with Gasteiger partial charge in [0, 0.05) is 12.6 Å². The molecule has 0 saturated heterocycles. The number of hydrogen-bond acceptors (Lipinski definition) is 4. The molecular formula is C11H14N2O4. The summed E-state index contributed by atoms with van der Waals surface area (Å²) in [5.41, 5.74) is 0.181. The molecule has 1 fully saturated rings. The Hall–Kier alpha value is -1.85. The van der Waals surface area contributed by atoms with Gasteiger partial charge in [-0.3, -0.25) is 4.79 Å². The van der Waals surface area contributed by atoms with Gasteiger partial charge in [0.1, 0.15) is 0 Å². The molecule has 0 unspecified atom stereocenters. The Morgan fingerprint density at radius 1 is 1.59 bits per heavy atom. The van der Waals surface area contributed by atoms with E-state index < -0.39 is 11.9 Å². The SMILES string of the molecule is CC1(CNC(=O)c2cc(C(=O)O)on2)CCC1. The van der Waals surface area contributed by atoms with Crippen LogP contribution in [0, 0.1) is 5.41 Å². The van der Waals surface area contributed by atoms with E-state index in [-0.39, 0.29) is 16.9 Å². The molecule has 0 aromatic carbocycles. The van der Waals surface area contributed by atoms with E-state index >= 15 is 0 Å². The summed E-state index contributed by atoms with van der Waals surface area (Å²) in [4.78, 5) is 22.2. The number of rotatable bonds is 4. The molecule has 1 saturated carbocycles. The third kappa shape index (κ3) is 2.46. The summed E-state index contributed by atoms with van der Waals surface area (Å²) in [6.07, 6.45) is 3.40. The largest absolute Gasteiger partial charge is 0.475 e. The molecule has 0 radical (unpaired) electrons. The van der Waals surface area contributed by atoms with Gasteiger partial charge in [-0.1, -0.05) is 18.5 Å². The van der Waals surface area contributed by atoms with Crippen LogP contribution < -0.4 is 5.32 Å². The lowest BCUT2D eigenvalue weighted by molar-refractivity contribution is 0.0651. The molecule has 17 heavy (non-hydrogen) atoms. The fourth-order valence-electron chi connectivity index (χ4n) is 1.82. The van der Waals surface area contributed by atoms with Gasteiger partial charge in [-0.15, -0.1) is 0 Å². The quantitative estimate of drug-likeness (QED) is 0.824. The van der Waals surface area contributed by atoms with Gasteiger partial charge in [-0.2, -0.15) is 0 Å². The smallest absolute Gasteiger partial charge is 0.374 e. The van der Waals surface area contributed by atoms with Crippen LogP contribution in [-0.2, 0) is 0 Å². The van der Waals surface area contributed by atoms with Crippen LogP contribution in [0.4, 0.5) is 0 Å². The highest BCUT2D eigenvalue weighted by Crippen LogP contribution is 2.39. The summed E-state index contributed by atoms with van der Waals surface area (Å²) in [5.74, 6) is -1.96. The topological polar surface area (TPSA) is 92.4 Å². The van der Waals surface area contributed by atoms with Crippen molar-refractivity contribution in [2.75, 3.05) is 6.54 Å². The number of nitrogens with zero attached hydrogens (tertiary/aromatic N) is 1. The summed E-state index contributed by atoms with van der Waals surface area (Å²) in [6, 6.07) is 1.13. The zero-order valence-corrected chi connectivity index (χ0v) is 9.52. The molecule has 0 bridgehead atoms. The van der Waals surface area contributed by atoms with Crippen molar-refractivity contribution in [1.29, 1.82) is 0 Å². The average molecular weight is 238 g/mol. The zero-order valence-electron chi connectivity index (χ0n) is 9.52. The molecule has 1 aromatic heterocycles. The molecule has 6 nitrogen and oxygen atoms in total. The minimum absolute atomic E-state index is 0.00493. The Kier molecular flexibility index (Phi) is 2.87. The Bertz CT molecular complexity index is 448. The normalized spacial score (nSPS) is 17.2. The number of hydrogen-bond donors (Lipinski definition) is 2. The van der Waals surface area contributed by atoms with Crippen molar-refractivity contribution >= 4 is 11.9 Å². The number of aromatic carboxylic acids is 1. The first-order valence-corrected chi connectivity index (χ1v) is 5.48. The van der Waals surface area contributed by atoms with E-state index in [1.165, 1.54) is 6.42 Å². The van der Waals surface area contributed by atoms with E-state index in [2.05, 4.69) is 21.9 Å². The highest BCUT2D eigenvalue weighted by atomic mass is 16.5. The standard InChI is InChI=1S/C11H14N2O4/c1-11(3-2-4-11)6-12-9(14)7-5-8(10(15)16)17-13-7/h5H,2-4,6H2,1H3,(H,12,14)(H,15,16). The first-order valence-electron chi connectivity index (χ1n) is 5.48. The predicted octanol–water partition coefficient (Wildman–Crippen LogP) is 1.29. The second kappa shape index (κ2) is 4.20. The van der Waals surface area contributed by atoms with E-state index in [1.807, 2.05) is 0 Å². The van der Waals surface area contributed by atoms with E-state index in [9.17, 15) is 9.59 Å². The average Bonchev–Trinajstić information content (AvgIpc) is 2.72. The molecule has 1 aromatic rings. The second-order valence-corrected chi connectivity index (χ2v) is 4.73. The van der Waals surface area contributed by atoms with Gasteiger partial charge in [0.05, 0.1) is 0 Å². The molecule has 1 amide bonds. The van der Waals surface area contributed by atoms with Crippen molar-refractivity contribution in [3.63, 3.8) is 0 Å². The van der Waals surface area contributed by atoms with Crippen LogP contribution in [0.5, 0.6) is 0 Å². The van der Waals surface area contributed by atoms with Gasteiger partial charge in [-0.25, -0.2) is 4.79 Å². The van der Waals surface area contributed by atoms with Crippen molar-refractivity contribution in [2.45, 2.75) is 26.2 Å². The summed E-state index contributed by atoms with van der Waals surface area (Å²) in [6.45, 7) is 2.70. The molecule has 6 heteroatoms. The molecule has 1 aliphatic rings. The monoisotopic (exact) mass is 238 g/mol. The van der Waals surface area contributed by atoms with Crippen LogP contribution in [-0.4, -0.2) is 28.7 Å². The fourth-order valence-corrected chi connectivity index (χ4v) is 1.82. The first-order chi connectivity index (χ1) is 8.00. The number of carbonyl (C=O) groups is 2. The summed E-state index contributed by atoms with van der Waals surface area (Å²) in [7, 11) is 0. The number of carboxylic acid groups (broad SMARTS) is 1. The van der Waals surface area contributed by atoms with Gasteiger partial charge >= 0.3 is 5.97 Å². The molecule has 0 atom stereocenters. The maximum Gasteiger partial charge on any atom is 0.374 e. The van der Waals surface area contributed by atoms with E-state index in [0.29, 0.717) is 6.54 Å². The lowest BCUT2D eigenvalue weighted by Gasteiger charge is -2.38. The lowest BCUT2D eigenvalue weighted by atomic mass is 9.70. The van der Waals surface area contributed by atoms with Crippen LogP contribution in [0.3, 0.4) is 0 Å². The minimum atomic E-state index is -1.23. The molecule has 2 N–H and O–H groups in total. The van der Waals surface area contributed by atoms with Crippen molar-refractivity contribution in [3.05, 3.63) is 17.5 Å². The number of nitrogens with one attached hydrogen (secondary N) is 1. The minimum Gasteiger partial charge on any atom is -0.475 e. The van der Waals surface area contributed by atoms with Crippen LogP contribution in [0.25, 0.3) is 0 Å². The Labute approximate surface area is 98.0 Å². The van der Waals surface area contributed by atoms with Crippen molar-refractivity contribution < 1.29 is 19.2 Å². The van der Waals surface area contributed by atoms with Gasteiger partial charge in [-0.05, 0) is 18.3 Å². The van der Waals surface area contributed by atoms with Crippen LogP contribution in [0.2, 0.25) is 0 Å². The summed E-state index contributed by atoms with van der Waals surface area (Å²) < 4.78 is 4.51. The number of carbonyl (C=O) groups excluding carboxylic acids is 1. The van der Waals surface area contributed by atoms with Crippen LogP contribution in [0.1, 0.15) is 47.2 Å². The Morgan fingerprint density at radius 3 is 2.76 bits per heavy atom. The molecular weight excluding hydrogens is 224 g/mol. The van der Waals surface area contributed by atoms with E-state index in [4.69, 9.17) is 5.11 Å². The summed E-state index contributed by atoms with van der Waals surface area (Å²) in [5, 5.41) is 14.8. The van der Waals surface area contributed by atoms with Crippen LogP contribution in [0.15, 0.2) is 10.6 Å². The van der Waals surface area contributed by atoms with Gasteiger partial charge in [0.15, 0.2) is 5.69 Å². The second-order valence-electron chi connectivity index (χ2n) is 4.73. The molecule has 1 aliphatic carbocycles. The Balaban J connectivity index is 1.92. The van der Waals surface area contributed by atoms with Crippen molar-refractivity contribution in [2.24, 2.45) is 5.41 Å². The summed E-state index contributed by atoms with van der Waals surface area (Å²) >= 11 is 0. The maximum absolute atomic E-state index is 11.6. The van der Waals surface area contributed by atoms with Gasteiger partial charge in [0.2, 0.25) is 5.76 Å².